The van der Waals surface area contributed by atoms with Crippen LogP contribution in [0.1, 0.15) is 30.9 Å². The Hall–Kier alpha value is -2.08. The molecule has 1 fully saturated rings. The van der Waals surface area contributed by atoms with Gasteiger partial charge in [-0.3, -0.25) is 9.79 Å². The first kappa shape index (κ1) is 19.2. The maximum Gasteiger partial charge on any atom is 0.309 e. The normalized spacial score (nSPS) is 16.0. The molecule has 1 aliphatic heterocycles. The van der Waals surface area contributed by atoms with Crippen molar-refractivity contribution in [3.63, 3.8) is 0 Å². The number of ether oxygens (including phenoxy) is 2. The van der Waals surface area contributed by atoms with Crippen molar-refractivity contribution in [2.24, 2.45) is 10.9 Å². The Morgan fingerprint density at radius 3 is 2.56 bits per heavy atom. The van der Waals surface area contributed by atoms with Crippen LogP contribution in [0.4, 0.5) is 0 Å². The van der Waals surface area contributed by atoms with Gasteiger partial charge in [0.25, 0.3) is 0 Å². The minimum Gasteiger partial charge on any atom is -0.466 e. The third-order valence-electron chi connectivity index (χ3n) is 4.48. The molecule has 138 valence electrons. The van der Waals surface area contributed by atoms with Crippen LogP contribution in [-0.2, 0) is 27.4 Å². The summed E-state index contributed by atoms with van der Waals surface area (Å²) in [5, 5.41) is 3.43. The quantitative estimate of drug-likeness (QED) is 0.485. The van der Waals surface area contributed by atoms with E-state index in [2.05, 4.69) is 27.3 Å². The maximum absolute atomic E-state index is 11.9. The van der Waals surface area contributed by atoms with Gasteiger partial charge in [-0.15, -0.1) is 0 Å². The van der Waals surface area contributed by atoms with Crippen LogP contribution in [0.3, 0.4) is 0 Å². The summed E-state index contributed by atoms with van der Waals surface area (Å²) in [5.41, 5.74) is 2.38. The standard InChI is InChI=1S/C19H29N3O3/c1-4-25-18(23)15-9-11-22(12-10-15)19(20-2)21-13-16-7-5-6-8-17(16)14-24-3/h5-8,15H,4,9-14H2,1-3H3,(H,20,21). The van der Waals surface area contributed by atoms with Crippen molar-refractivity contribution in [3.05, 3.63) is 35.4 Å². The summed E-state index contributed by atoms with van der Waals surface area (Å²) >= 11 is 0. The second kappa shape index (κ2) is 10.0. The molecule has 1 aromatic carbocycles. The number of likely N-dealkylation sites (tertiary alicyclic amines) is 1. The molecular weight excluding hydrogens is 318 g/mol. The lowest BCUT2D eigenvalue weighted by atomic mass is 9.97. The Morgan fingerprint density at radius 1 is 1.28 bits per heavy atom. The molecule has 0 bridgehead atoms. The summed E-state index contributed by atoms with van der Waals surface area (Å²) in [6.07, 6.45) is 1.61. The molecule has 2 rings (SSSR count). The number of guanidine groups is 1. The van der Waals surface area contributed by atoms with Gasteiger partial charge in [0.1, 0.15) is 0 Å². The molecule has 6 nitrogen and oxygen atoms in total. The molecule has 1 heterocycles. The van der Waals surface area contributed by atoms with Gasteiger partial charge in [0.05, 0.1) is 19.1 Å². The zero-order valence-corrected chi connectivity index (χ0v) is 15.5. The number of hydrogen-bond acceptors (Lipinski definition) is 4. The van der Waals surface area contributed by atoms with E-state index in [4.69, 9.17) is 9.47 Å². The average Bonchev–Trinajstić information content (AvgIpc) is 2.64. The fourth-order valence-electron chi connectivity index (χ4n) is 3.12. The van der Waals surface area contributed by atoms with Crippen molar-refractivity contribution in [1.29, 1.82) is 0 Å². The van der Waals surface area contributed by atoms with E-state index >= 15 is 0 Å². The SMILES string of the molecule is CCOC(=O)C1CCN(C(=NC)NCc2ccccc2COC)CC1. The van der Waals surface area contributed by atoms with Gasteiger partial charge in [-0.25, -0.2) is 0 Å². The van der Waals surface area contributed by atoms with Crippen LogP contribution in [0, 0.1) is 5.92 Å². The van der Waals surface area contributed by atoms with Gasteiger partial charge in [0.15, 0.2) is 5.96 Å². The molecule has 0 amide bonds. The summed E-state index contributed by atoms with van der Waals surface area (Å²) in [7, 11) is 3.50. The summed E-state index contributed by atoms with van der Waals surface area (Å²) in [5.74, 6) is 0.810. The van der Waals surface area contributed by atoms with E-state index in [1.807, 2.05) is 19.1 Å². The molecule has 0 spiro atoms. The van der Waals surface area contributed by atoms with Crippen molar-refractivity contribution in [2.75, 3.05) is 33.9 Å². The summed E-state index contributed by atoms with van der Waals surface area (Å²) in [6, 6.07) is 8.23. The predicted molar refractivity (Wildman–Crippen MR) is 98.3 cm³/mol. The van der Waals surface area contributed by atoms with Crippen LogP contribution in [0.15, 0.2) is 29.3 Å². The Kier molecular flexibility index (Phi) is 7.73. The van der Waals surface area contributed by atoms with Crippen LogP contribution < -0.4 is 5.32 Å². The Bertz CT molecular complexity index is 581. The molecular formula is C19H29N3O3. The van der Waals surface area contributed by atoms with Gasteiger partial charge >= 0.3 is 5.97 Å². The van der Waals surface area contributed by atoms with Gasteiger partial charge in [0, 0.05) is 33.8 Å². The average molecular weight is 347 g/mol. The molecule has 1 aliphatic rings. The van der Waals surface area contributed by atoms with Gasteiger partial charge in [-0.1, -0.05) is 24.3 Å². The molecule has 0 radical (unpaired) electrons. The molecule has 0 aromatic heterocycles. The molecule has 1 aromatic rings. The highest BCUT2D eigenvalue weighted by Crippen LogP contribution is 2.19. The van der Waals surface area contributed by atoms with Gasteiger partial charge < -0.3 is 19.7 Å². The number of aliphatic imine (C=N–C) groups is 1. The first-order valence-electron chi connectivity index (χ1n) is 8.87. The van der Waals surface area contributed by atoms with Crippen molar-refractivity contribution < 1.29 is 14.3 Å². The van der Waals surface area contributed by atoms with E-state index in [9.17, 15) is 4.79 Å². The Balaban J connectivity index is 1.89. The highest BCUT2D eigenvalue weighted by Gasteiger charge is 2.27. The van der Waals surface area contributed by atoms with E-state index in [1.54, 1.807) is 14.2 Å². The number of nitrogens with zero attached hydrogens (tertiary/aromatic N) is 2. The van der Waals surface area contributed by atoms with E-state index in [0.29, 0.717) is 19.8 Å². The van der Waals surface area contributed by atoms with Gasteiger partial charge in [-0.05, 0) is 30.9 Å². The second-order valence-electron chi connectivity index (χ2n) is 6.12. The van der Waals surface area contributed by atoms with Crippen LogP contribution >= 0.6 is 0 Å². The second-order valence-corrected chi connectivity index (χ2v) is 6.12. The van der Waals surface area contributed by atoms with Crippen molar-refractivity contribution >= 4 is 11.9 Å². The van der Waals surface area contributed by atoms with Crippen molar-refractivity contribution in [2.45, 2.75) is 32.9 Å². The number of methoxy groups -OCH3 is 1. The van der Waals surface area contributed by atoms with E-state index in [-0.39, 0.29) is 11.9 Å². The lowest BCUT2D eigenvalue weighted by molar-refractivity contribution is -0.149. The Morgan fingerprint density at radius 2 is 1.96 bits per heavy atom. The first-order chi connectivity index (χ1) is 12.2. The van der Waals surface area contributed by atoms with Crippen LogP contribution in [0.25, 0.3) is 0 Å². The fourth-order valence-corrected chi connectivity index (χ4v) is 3.12. The summed E-state index contributed by atoms with van der Waals surface area (Å²) < 4.78 is 10.4. The van der Waals surface area contributed by atoms with Crippen LogP contribution in [0.2, 0.25) is 0 Å². The van der Waals surface area contributed by atoms with Gasteiger partial charge in [0.2, 0.25) is 0 Å². The molecule has 0 aliphatic carbocycles. The number of piperidine rings is 1. The number of esters is 1. The number of hydrogen-bond donors (Lipinski definition) is 1. The molecule has 25 heavy (non-hydrogen) atoms. The third-order valence-corrected chi connectivity index (χ3v) is 4.48. The lowest BCUT2D eigenvalue weighted by Crippen LogP contribution is -2.46. The largest absolute Gasteiger partial charge is 0.466 e. The smallest absolute Gasteiger partial charge is 0.309 e. The monoisotopic (exact) mass is 347 g/mol. The zero-order valence-electron chi connectivity index (χ0n) is 15.5. The molecule has 1 saturated heterocycles. The molecule has 0 saturated carbocycles. The van der Waals surface area contributed by atoms with Crippen LogP contribution in [0.5, 0.6) is 0 Å². The molecule has 1 N–H and O–H groups in total. The zero-order chi connectivity index (χ0) is 18.1. The third kappa shape index (κ3) is 5.46. The summed E-state index contributed by atoms with van der Waals surface area (Å²) in [4.78, 5) is 18.5. The first-order valence-corrected chi connectivity index (χ1v) is 8.87. The van der Waals surface area contributed by atoms with Crippen molar-refractivity contribution in [1.82, 2.24) is 10.2 Å². The van der Waals surface area contributed by atoms with E-state index in [1.165, 1.54) is 11.1 Å². The molecule has 0 atom stereocenters. The summed E-state index contributed by atoms with van der Waals surface area (Å²) in [6.45, 7) is 5.21. The molecule has 0 unspecified atom stereocenters. The minimum absolute atomic E-state index is 0.0109. The number of benzene rings is 1. The highest BCUT2D eigenvalue weighted by atomic mass is 16.5. The number of rotatable bonds is 6. The molecule has 6 heteroatoms. The predicted octanol–water partition coefficient (Wildman–Crippen LogP) is 2.18. The van der Waals surface area contributed by atoms with Crippen LogP contribution in [-0.4, -0.2) is 50.7 Å². The Labute approximate surface area is 150 Å². The lowest BCUT2D eigenvalue weighted by Gasteiger charge is -2.33. The number of nitrogens with one attached hydrogen (secondary N) is 1. The number of carbonyl (C=O) groups is 1. The highest BCUT2D eigenvalue weighted by molar-refractivity contribution is 5.80. The fraction of sp³-hybridized carbons (Fsp3) is 0.579. The van der Waals surface area contributed by atoms with Gasteiger partial charge in [-0.2, -0.15) is 0 Å². The van der Waals surface area contributed by atoms with Crippen molar-refractivity contribution in [3.8, 4) is 0 Å². The van der Waals surface area contributed by atoms with E-state index in [0.717, 1.165) is 31.9 Å². The minimum atomic E-state index is -0.0708. The topological polar surface area (TPSA) is 63.2 Å². The maximum atomic E-state index is 11.9. The van der Waals surface area contributed by atoms with E-state index < -0.39 is 0 Å². The number of carbonyl (C=O) groups excluding carboxylic acids is 1.